The van der Waals surface area contributed by atoms with Gasteiger partial charge in [-0.1, -0.05) is 0 Å². The molecule has 1 saturated heterocycles. The van der Waals surface area contributed by atoms with Gasteiger partial charge in [0.05, 0.1) is 6.10 Å². The Bertz CT molecular complexity index is 249. The van der Waals surface area contributed by atoms with Crippen LogP contribution in [0.5, 0.6) is 0 Å². The van der Waals surface area contributed by atoms with Crippen LogP contribution in [0.15, 0.2) is 0 Å². The zero-order valence-corrected chi connectivity index (χ0v) is 10.4. The van der Waals surface area contributed by atoms with Crippen LogP contribution in [0.4, 0.5) is 0 Å². The first-order valence-electron chi connectivity index (χ1n) is 4.92. The van der Waals surface area contributed by atoms with Crippen LogP contribution in [0, 0.1) is 0 Å². The van der Waals surface area contributed by atoms with Crippen molar-refractivity contribution in [2.24, 2.45) is 0 Å². The van der Waals surface area contributed by atoms with E-state index in [2.05, 4.69) is 0 Å². The van der Waals surface area contributed by atoms with Gasteiger partial charge in [0.15, 0.2) is 0 Å². The zero-order chi connectivity index (χ0) is 11.9. The minimum Gasteiger partial charge on any atom is -0.313 e. The second-order valence-electron chi connectivity index (χ2n) is 5.28. The molecule has 2 N–H and O–H groups in total. The highest BCUT2D eigenvalue weighted by Gasteiger charge is 2.46. The van der Waals surface area contributed by atoms with E-state index in [1.807, 2.05) is 27.7 Å². The number of hydrogen-bond acceptors (Lipinski definition) is 4. The molecular formula is C9H19NO4S. The molecule has 1 atom stereocenters. The molecule has 90 valence electrons. The lowest BCUT2D eigenvalue weighted by molar-refractivity contribution is -0.254. The van der Waals surface area contributed by atoms with E-state index < -0.39 is 22.4 Å². The van der Waals surface area contributed by atoms with Gasteiger partial charge in [-0.2, -0.15) is 9.27 Å². The van der Waals surface area contributed by atoms with Crippen LogP contribution < -0.4 is 0 Å². The fraction of sp³-hybridized carbons (Fsp3) is 1.00. The Morgan fingerprint density at radius 1 is 1.27 bits per heavy atom. The molecule has 1 unspecified atom stereocenters. The van der Waals surface area contributed by atoms with Crippen molar-refractivity contribution in [3.63, 3.8) is 0 Å². The van der Waals surface area contributed by atoms with E-state index in [9.17, 15) is 9.42 Å². The molecule has 0 amide bonds. The molecule has 1 heterocycles. The van der Waals surface area contributed by atoms with Gasteiger partial charge in [-0.05, 0) is 40.5 Å². The van der Waals surface area contributed by atoms with Crippen molar-refractivity contribution < 1.29 is 18.2 Å². The summed E-state index contributed by atoms with van der Waals surface area (Å²) in [6.45, 7) is 7.52. The maximum Gasteiger partial charge on any atom is 0.302 e. The normalized spacial score (nSPS) is 28.9. The molecule has 0 aromatic carbocycles. The largest absolute Gasteiger partial charge is 0.313 e. The Kier molecular flexibility index (Phi) is 3.57. The maximum absolute atomic E-state index is 10.6. The van der Waals surface area contributed by atoms with Crippen molar-refractivity contribution in [1.29, 1.82) is 0 Å². The average Bonchev–Trinajstić information content (AvgIpc) is 1.97. The van der Waals surface area contributed by atoms with Crippen LogP contribution >= 0.6 is 0 Å². The Labute approximate surface area is 92.9 Å². The van der Waals surface area contributed by atoms with Gasteiger partial charge in [-0.15, -0.1) is 0 Å². The van der Waals surface area contributed by atoms with Crippen molar-refractivity contribution in [3.8, 4) is 0 Å². The summed E-state index contributed by atoms with van der Waals surface area (Å²) in [5.74, 6) is 0. The molecule has 1 rings (SSSR count). The maximum atomic E-state index is 10.6. The number of hydroxylamine groups is 2. The number of rotatable bonds is 2. The highest BCUT2D eigenvalue weighted by Crippen LogP contribution is 2.37. The lowest BCUT2D eigenvalue weighted by Gasteiger charge is -2.50. The van der Waals surface area contributed by atoms with E-state index in [-0.39, 0.29) is 6.10 Å². The van der Waals surface area contributed by atoms with E-state index in [0.29, 0.717) is 12.8 Å². The second kappa shape index (κ2) is 4.10. The summed E-state index contributed by atoms with van der Waals surface area (Å²) in [6.07, 6.45) is 0.752. The molecule has 1 aliphatic rings. The van der Waals surface area contributed by atoms with Gasteiger partial charge in [-0.3, -0.25) is 8.74 Å². The first-order chi connectivity index (χ1) is 6.65. The first-order valence-corrected chi connectivity index (χ1v) is 5.95. The Morgan fingerprint density at radius 2 is 1.67 bits per heavy atom. The molecule has 5 nitrogen and oxygen atoms in total. The summed E-state index contributed by atoms with van der Waals surface area (Å²) in [5.41, 5.74) is -0.905. The van der Waals surface area contributed by atoms with Gasteiger partial charge < -0.3 is 5.21 Å². The van der Waals surface area contributed by atoms with Gasteiger partial charge in [0, 0.05) is 11.1 Å². The molecule has 1 fully saturated rings. The van der Waals surface area contributed by atoms with E-state index >= 15 is 0 Å². The summed E-state index contributed by atoms with van der Waals surface area (Å²) in [4.78, 5) is 0. The molecule has 15 heavy (non-hydrogen) atoms. The summed E-state index contributed by atoms with van der Waals surface area (Å²) >= 11 is -2.24. The van der Waals surface area contributed by atoms with E-state index in [1.54, 1.807) is 0 Å². The summed E-state index contributed by atoms with van der Waals surface area (Å²) in [6, 6.07) is 0. The first kappa shape index (κ1) is 13.1. The standard InChI is InChI=1S/C9H19NO4S/c1-8(2)5-7(14-15(12)13)6-9(3,4)10(8)11/h7,11H,5-6H2,1-4H3,(H,12,13). The van der Waals surface area contributed by atoms with E-state index in [1.165, 1.54) is 5.06 Å². The minimum atomic E-state index is -2.24. The molecule has 0 radical (unpaired) electrons. The quantitative estimate of drug-likeness (QED) is 0.713. The molecule has 0 saturated carbocycles. The monoisotopic (exact) mass is 237 g/mol. The summed E-state index contributed by atoms with van der Waals surface area (Å²) in [5, 5.41) is 11.3. The molecule has 0 spiro atoms. The molecule has 0 aromatic rings. The Morgan fingerprint density at radius 3 is 2.00 bits per heavy atom. The Balaban J connectivity index is 2.79. The van der Waals surface area contributed by atoms with Gasteiger partial charge in [0.1, 0.15) is 0 Å². The third-order valence-electron chi connectivity index (χ3n) is 2.82. The second-order valence-corrected chi connectivity index (χ2v) is 5.91. The molecule has 1 aliphatic heterocycles. The third kappa shape index (κ3) is 2.98. The van der Waals surface area contributed by atoms with E-state index in [0.717, 1.165) is 0 Å². The number of piperidine rings is 1. The van der Waals surface area contributed by atoms with Gasteiger partial charge in [0.2, 0.25) is 0 Å². The SMILES string of the molecule is CC1(C)CC(OS(=O)O)CC(C)(C)N1O. The van der Waals surface area contributed by atoms with Crippen LogP contribution in [-0.2, 0) is 15.5 Å². The molecule has 0 bridgehead atoms. The van der Waals surface area contributed by atoms with Gasteiger partial charge in [0.25, 0.3) is 0 Å². The Hall–Kier alpha value is -0.0100. The molecule has 0 aliphatic carbocycles. The predicted octanol–water partition coefficient (Wildman–Crippen LogP) is 1.55. The van der Waals surface area contributed by atoms with Crippen LogP contribution in [0.25, 0.3) is 0 Å². The van der Waals surface area contributed by atoms with Crippen LogP contribution in [0.3, 0.4) is 0 Å². The van der Waals surface area contributed by atoms with Crippen LogP contribution in [0.1, 0.15) is 40.5 Å². The van der Waals surface area contributed by atoms with Crippen molar-refractivity contribution >= 4 is 11.4 Å². The van der Waals surface area contributed by atoms with E-state index in [4.69, 9.17) is 8.74 Å². The third-order valence-corrected chi connectivity index (χ3v) is 3.26. The fourth-order valence-electron chi connectivity index (χ4n) is 2.36. The van der Waals surface area contributed by atoms with Gasteiger partial charge >= 0.3 is 11.4 Å². The number of hydrogen-bond donors (Lipinski definition) is 2. The molecule has 6 heteroatoms. The minimum absolute atomic E-state index is 0.302. The number of nitrogens with zero attached hydrogens (tertiary/aromatic N) is 1. The lowest BCUT2D eigenvalue weighted by atomic mass is 9.80. The smallest absolute Gasteiger partial charge is 0.302 e. The summed E-state index contributed by atoms with van der Waals surface area (Å²) in [7, 11) is 0. The van der Waals surface area contributed by atoms with Crippen LogP contribution in [-0.4, -0.2) is 36.2 Å². The highest BCUT2D eigenvalue weighted by molar-refractivity contribution is 7.74. The highest BCUT2D eigenvalue weighted by atomic mass is 32.2. The lowest BCUT2D eigenvalue weighted by Crippen LogP contribution is -2.60. The van der Waals surface area contributed by atoms with Crippen molar-refractivity contribution in [3.05, 3.63) is 0 Å². The fourth-order valence-corrected chi connectivity index (χ4v) is 2.73. The van der Waals surface area contributed by atoms with Crippen LogP contribution in [0.2, 0.25) is 0 Å². The summed E-state index contributed by atoms with van der Waals surface area (Å²) < 4.78 is 24.2. The van der Waals surface area contributed by atoms with Gasteiger partial charge in [-0.25, -0.2) is 0 Å². The topological polar surface area (TPSA) is 70.0 Å². The van der Waals surface area contributed by atoms with Crippen molar-refractivity contribution in [2.45, 2.75) is 57.7 Å². The van der Waals surface area contributed by atoms with Crippen molar-refractivity contribution in [2.75, 3.05) is 0 Å². The molecule has 0 aromatic heterocycles. The average molecular weight is 237 g/mol. The predicted molar refractivity (Wildman–Crippen MR) is 56.7 cm³/mol. The zero-order valence-electron chi connectivity index (χ0n) is 9.56. The molecular weight excluding hydrogens is 218 g/mol. The van der Waals surface area contributed by atoms with Crippen molar-refractivity contribution in [1.82, 2.24) is 5.06 Å².